The number of pyridine rings is 1. The Hall–Kier alpha value is -3.58. The summed E-state index contributed by atoms with van der Waals surface area (Å²) in [6.07, 6.45) is 4.44. The standard InChI is InChI=1S/C22H25ClN8O4S/c1-12-9-26-21(35-12)14(3)31-20(17-7-6-8-18(27-17)34-5)28-29-22(31)30-36(32,33)15(4)13(2)19-24-10-16(23)11-25-19/h6-11,13-15H,1-5H3,(H,29,30)/t13-,14+,15-/m0/s1. The molecule has 0 saturated heterocycles. The largest absolute Gasteiger partial charge is 0.481 e. The van der Waals surface area contributed by atoms with Gasteiger partial charge in [0.05, 0.1) is 23.6 Å². The molecule has 0 spiro atoms. The summed E-state index contributed by atoms with van der Waals surface area (Å²) in [5.74, 6) is 1.43. The zero-order valence-electron chi connectivity index (χ0n) is 20.2. The molecule has 0 saturated carbocycles. The van der Waals surface area contributed by atoms with Crippen molar-refractivity contribution in [3.63, 3.8) is 0 Å². The minimum Gasteiger partial charge on any atom is -0.481 e. The van der Waals surface area contributed by atoms with Crippen LogP contribution in [0.15, 0.2) is 41.2 Å². The van der Waals surface area contributed by atoms with Crippen LogP contribution >= 0.6 is 11.6 Å². The van der Waals surface area contributed by atoms with Gasteiger partial charge in [0.25, 0.3) is 0 Å². The van der Waals surface area contributed by atoms with Crippen molar-refractivity contribution in [1.29, 1.82) is 0 Å². The summed E-state index contributed by atoms with van der Waals surface area (Å²) in [4.78, 5) is 17.0. The molecule has 4 aromatic rings. The first-order chi connectivity index (χ1) is 17.1. The minimum absolute atomic E-state index is 0.0194. The molecule has 0 aliphatic heterocycles. The van der Waals surface area contributed by atoms with Gasteiger partial charge in [-0.2, -0.15) is 0 Å². The van der Waals surface area contributed by atoms with E-state index in [0.717, 1.165) is 0 Å². The molecule has 14 heteroatoms. The molecule has 4 rings (SSSR count). The predicted octanol–water partition coefficient (Wildman–Crippen LogP) is 3.63. The third-order valence-electron chi connectivity index (χ3n) is 5.72. The number of hydrogen-bond donors (Lipinski definition) is 1. The minimum atomic E-state index is -3.97. The van der Waals surface area contributed by atoms with E-state index in [-0.39, 0.29) is 5.95 Å². The Labute approximate surface area is 213 Å². The zero-order valence-corrected chi connectivity index (χ0v) is 21.8. The normalized spacial score (nSPS) is 14.3. The number of hydrogen-bond acceptors (Lipinski definition) is 10. The highest BCUT2D eigenvalue weighted by Crippen LogP contribution is 2.30. The third kappa shape index (κ3) is 5.16. The Kier molecular flexibility index (Phi) is 7.22. The molecule has 1 N–H and O–H groups in total. The average Bonchev–Trinajstić information content (AvgIpc) is 3.49. The molecule has 4 aromatic heterocycles. The fourth-order valence-corrected chi connectivity index (χ4v) is 4.82. The fourth-order valence-electron chi connectivity index (χ4n) is 3.49. The maximum atomic E-state index is 13.4. The first-order valence-electron chi connectivity index (χ1n) is 11.0. The number of rotatable bonds is 9. The van der Waals surface area contributed by atoms with Gasteiger partial charge in [0, 0.05) is 24.4 Å². The van der Waals surface area contributed by atoms with E-state index in [1.807, 2.05) is 0 Å². The number of methoxy groups -OCH3 is 1. The van der Waals surface area contributed by atoms with E-state index in [0.29, 0.717) is 39.9 Å². The van der Waals surface area contributed by atoms with Gasteiger partial charge in [0.15, 0.2) is 5.82 Å². The van der Waals surface area contributed by atoms with Crippen LogP contribution in [0.4, 0.5) is 5.95 Å². The van der Waals surface area contributed by atoms with Crippen molar-refractivity contribution in [1.82, 2.24) is 34.7 Å². The maximum absolute atomic E-state index is 13.4. The molecule has 0 aliphatic rings. The second-order valence-electron chi connectivity index (χ2n) is 8.17. The van der Waals surface area contributed by atoms with Gasteiger partial charge in [0.1, 0.15) is 23.3 Å². The second-order valence-corrected chi connectivity index (χ2v) is 10.6. The number of nitrogens with one attached hydrogen (secondary N) is 1. The molecule has 12 nitrogen and oxygen atoms in total. The highest BCUT2D eigenvalue weighted by atomic mass is 35.5. The number of oxazole rings is 1. The Bertz CT molecular complexity index is 1450. The number of aryl methyl sites for hydroxylation is 1. The number of aromatic nitrogens is 7. The molecule has 0 bridgehead atoms. The molecule has 190 valence electrons. The van der Waals surface area contributed by atoms with E-state index < -0.39 is 27.2 Å². The van der Waals surface area contributed by atoms with E-state index >= 15 is 0 Å². The smallest absolute Gasteiger partial charge is 0.239 e. The number of sulfonamides is 1. The van der Waals surface area contributed by atoms with E-state index in [1.165, 1.54) is 19.5 Å². The molecule has 0 aliphatic carbocycles. The van der Waals surface area contributed by atoms with Crippen LogP contribution in [-0.4, -0.2) is 55.5 Å². The predicted molar refractivity (Wildman–Crippen MR) is 132 cm³/mol. The molecule has 0 fully saturated rings. The summed E-state index contributed by atoms with van der Waals surface area (Å²) in [7, 11) is -2.47. The average molecular weight is 533 g/mol. The summed E-state index contributed by atoms with van der Waals surface area (Å²) >= 11 is 5.86. The van der Waals surface area contributed by atoms with Gasteiger partial charge in [-0.1, -0.05) is 24.6 Å². The van der Waals surface area contributed by atoms with Crippen molar-refractivity contribution < 1.29 is 17.6 Å². The van der Waals surface area contributed by atoms with Crippen molar-refractivity contribution in [2.24, 2.45) is 0 Å². The van der Waals surface area contributed by atoms with E-state index in [1.54, 1.807) is 56.7 Å². The van der Waals surface area contributed by atoms with Gasteiger partial charge in [-0.05, 0) is 26.8 Å². The van der Waals surface area contributed by atoms with Crippen LogP contribution < -0.4 is 9.46 Å². The first-order valence-corrected chi connectivity index (χ1v) is 12.9. The van der Waals surface area contributed by atoms with Crippen molar-refractivity contribution in [2.45, 2.75) is 44.9 Å². The lowest BCUT2D eigenvalue weighted by molar-refractivity contribution is 0.398. The number of nitrogens with zero attached hydrogens (tertiary/aromatic N) is 7. The monoisotopic (exact) mass is 532 g/mol. The van der Waals surface area contributed by atoms with Crippen molar-refractivity contribution >= 4 is 27.6 Å². The Morgan fingerprint density at radius 1 is 1.08 bits per heavy atom. The van der Waals surface area contributed by atoms with Gasteiger partial charge in [-0.25, -0.2) is 28.4 Å². The van der Waals surface area contributed by atoms with Gasteiger partial charge < -0.3 is 9.15 Å². The number of anilines is 1. The lowest BCUT2D eigenvalue weighted by Crippen LogP contribution is -2.32. The van der Waals surface area contributed by atoms with Crippen LogP contribution in [0.25, 0.3) is 11.5 Å². The van der Waals surface area contributed by atoms with Crippen LogP contribution in [-0.2, 0) is 10.0 Å². The lowest BCUT2D eigenvalue weighted by Gasteiger charge is -2.21. The molecule has 4 heterocycles. The van der Waals surface area contributed by atoms with Crippen LogP contribution in [0.2, 0.25) is 5.02 Å². The summed E-state index contributed by atoms with van der Waals surface area (Å²) in [6, 6.07) is 4.59. The van der Waals surface area contributed by atoms with Crippen molar-refractivity contribution in [3.8, 4) is 17.4 Å². The maximum Gasteiger partial charge on any atom is 0.239 e. The molecule has 0 aromatic carbocycles. The Balaban J connectivity index is 1.73. The van der Waals surface area contributed by atoms with Crippen LogP contribution in [0.5, 0.6) is 5.88 Å². The Morgan fingerprint density at radius 3 is 2.44 bits per heavy atom. The Morgan fingerprint density at radius 2 is 1.81 bits per heavy atom. The van der Waals surface area contributed by atoms with Gasteiger partial charge in [-0.3, -0.25) is 9.29 Å². The fraction of sp³-hybridized carbons (Fsp3) is 0.364. The lowest BCUT2D eigenvalue weighted by atomic mass is 10.1. The molecule has 3 atom stereocenters. The van der Waals surface area contributed by atoms with E-state index in [2.05, 4.69) is 34.9 Å². The van der Waals surface area contributed by atoms with Crippen molar-refractivity contribution in [3.05, 3.63) is 59.3 Å². The SMILES string of the molecule is COc1cccc(-c2nnc(NS(=O)(=O)[C@@H](C)[C@H](C)c3ncc(Cl)cn3)n2[C@H](C)c2ncc(C)o2)n1. The van der Waals surface area contributed by atoms with Crippen LogP contribution in [0.3, 0.4) is 0 Å². The molecule has 0 amide bonds. The summed E-state index contributed by atoms with van der Waals surface area (Å²) in [5.41, 5.74) is 0.429. The second kappa shape index (κ2) is 10.2. The topological polar surface area (TPSA) is 151 Å². The molecule has 36 heavy (non-hydrogen) atoms. The van der Waals surface area contributed by atoms with Gasteiger partial charge in [-0.15, -0.1) is 10.2 Å². The molecular formula is C22H25ClN8O4S. The molecule has 0 radical (unpaired) electrons. The third-order valence-corrected chi connectivity index (χ3v) is 7.77. The summed E-state index contributed by atoms with van der Waals surface area (Å²) < 4.78 is 41.9. The molecule has 0 unspecified atom stereocenters. The summed E-state index contributed by atoms with van der Waals surface area (Å²) in [6.45, 7) is 6.86. The quantitative estimate of drug-likeness (QED) is 0.338. The highest BCUT2D eigenvalue weighted by molar-refractivity contribution is 7.93. The number of ether oxygens (including phenoxy) is 1. The van der Waals surface area contributed by atoms with Crippen LogP contribution in [0, 0.1) is 6.92 Å². The molecular weight excluding hydrogens is 508 g/mol. The first kappa shape index (κ1) is 25.5. The van der Waals surface area contributed by atoms with Crippen LogP contribution in [0.1, 0.15) is 50.2 Å². The zero-order chi connectivity index (χ0) is 26.0. The van der Waals surface area contributed by atoms with Gasteiger partial charge >= 0.3 is 0 Å². The van der Waals surface area contributed by atoms with Gasteiger partial charge in [0.2, 0.25) is 27.7 Å². The summed E-state index contributed by atoms with van der Waals surface area (Å²) in [5, 5.41) is 7.81. The number of halogens is 1. The van der Waals surface area contributed by atoms with Crippen molar-refractivity contribution in [2.75, 3.05) is 11.8 Å². The highest BCUT2D eigenvalue weighted by Gasteiger charge is 2.33. The van der Waals surface area contributed by atoms with E-state index in [9.17, 15) is 8.42 Å². The van der Waals surface area contributed by atoms with E-state index in [4.69, 9.17) is 20.8 Å².